The average Bonchev–Trinajstić information content (AvgIpc) is 3.42. The van der Waals surface area contributed by atoms with Crippen molar-refractivity contribution in [2.24, 2.45) is 0 Å². The molecule has 0 aliphatic carbocycles. The molecule has 0 saturated carbocycles. The number of carbonyl (C=O) groups is 2. The smallest absolute Gasteiger partial charge is 0.295 e. The summed E-state index contributed by atoms with van der Waals surface area (Å²) in [6, 6.07) is 9.48. The molecule has 2 aromatic rings. The molecule has 2 fully saturated rings. The third-order valence-electron chi connectivity index (χ3n) is 5.83. The molecular weight excluding hydrogens is 424 g/mol. The fourth-order valence-electron chi connectivity index (χ4n) is 4.26. The van der Waals surface area contributed by atoms with Crippen molar-refractivity contribution in [1.82, 2.24) is 9.80 Å². The average molecular weight is 455 g/mol. The molecule has 33 heavy (non-hydrogen) atoms. The molecule has 3 heterocycles. The van der Waals surface area contributed by atoms with Gasteiger partial charge in [0.05, 0.1) is 31.2 Å². The monoisotopic (exact) mass is 454 g/mol. The molecule has 1 amide bonds. The molecule has 1 atom stereocenters. The highest BCUT2D eigenvalue weighted by molar-refractivity contribution is 6.46. The van der Waals surface area contributed by atoms with Gasteiger partial charge in [0.15, 0.2) is 0 Å². The van der Waals surface area contributed by atoms with Crippen molar-refractivity contribution < 1.29 is 28.6 Å². The van der Waals surface area contributed by atoms with Crippen LogP contribution in [0.15, 0.2) is 52.7 Å². The molecular formula is C25H30N2O6. The molecule has 0 spiro atoms. The topological polar surface area (TPSA) is 92.5 Å². The number of rotatable bonds is 8. The van der Waals surface area contributed by atoms with Gasteiger partial charge in [0.25, 0.3) is 11.7 Å². The highest BCUT2D eigenvalue weighted by atomic mass is 16.5. The maximum Gasteiger partial charge on any atom is 0.295 e. The number of carbonyl (C=O) groups excluding carboxylic acids is 2. The van der Waals surface area contributed by atoms with E-state index >= 15 is 0 Å². The van der Waals surface area contributed by atoms with Crippen molar-refractivity contribution in [2.45, 2.75) is 32.4 Å². The number of amides is 1. The van der Waals surface area contributed by atoms with Gasteiger partial charge in [-0.05, 0) is 56.7 Å². The third kappa shape index (κ3) is 5.12. The first-order valence-corrected chi connectivity index (χ1v) is 11.3. The minimum atomic E-state index is -0.767. The maximum absolute atomic E-state index is 13.0. The summed E-state index contributed by atoms with van der Waals surface area (Å²) in [5.74, 6) is -0.446. The molecule has 8 nitrogen and oxygen atoms in total. The zero-order valence-corrected chi connectivity index (χ0v) is 19.0. The summed E-state index contributed by atoms with van der Waals surface area (Å²) >= 11 is 0. The lowest BCUT2D eigenvalue weighted by molar-refractivity contribution is -0.140. The lowest BCUT2D eigenvalue weighted by Crippen LogP contribution is -2.38. The van der Waals surface area contributed by atoms with E-state index in [-0.39, 0.29) is 17.4 Å². The Hall–Kier alpha value is -3.10. The Balaban J connectivity index is 1.59. The van der Waals surface area contributed by atoms with E-state index in [9.17, 15) is 14.7 Å². The van der Waals surface area contributed by atoms with Crippen molar-refractivity contribution in [3.8, 4) is 5.75 Å². The largest absolute Gasteiger partial charge is 0.507 e. The molecule has 8 heteroatoms. The molecule has 1 aromatic heterocycles. The predicted octanol–water partition coefficient (Wildman–Crippen LogP) is 3.21. The fourth-order valence-corrected chi connectivity index (χ4v) is 4.26. The summed E-state index contributed by atoms with van der Waals surface area (Å²) in [5, 5.41) is 11.1. The zero-order valence-electron chi connectivity index (χ0n) is 19.0. The molecule has 2 saturated heterocycles. The van der Waals surface area contributed by atoms with E-state index in [2.05, 4.69) is 4.90 Å². The number of ketones is 1. The van der Waals surface area contributed by atoms with Gasteiger partial charge < -0.3 is 23.9 Å². The summed E-state index contributed by atoms with van der Waals surface area (Å²) in [5.41, 5.74) is 0.479. The summed E-state index contributed by atoms with van der Waals surface area (Å²) in [7, 11) is 0. The van der Waals surface area contributed by atoms with Crippen LogP contribution in [-0.4, -0.2) is 72.1 Å². The van der Waals surface area contributed by atoms with Crippen molar-refractivity contribution in [3.63, 3.8) is 0 Å². The van der Waals surface area contributed by atoms with Crippen LogP contribution in [0, 0.1) is 0 Å². The van der Waals surface area contributed by atoms with Gasteiger partial charge in [-0.2, -0.15) is 0 Å². The van der Waals surface area contributed by atoms with Crippen molar-refractivity contribution in [1.29, 1.82) is 0 Å². The summed E-state index contributed by atoms with van der Waals surface area (Å²) in [4.78, 5) is 29.7. The normalized spacial score (nSPS) is 21.2. The number of nitrogens with zero attached hydrogens (tertiary/aromatic N) is 2. The molecule has 1 aromatic carbocycles. The van der Waals surface area contributed by atoms with Crippen LogP contribution in [0.1, 0.15) is 37.6 Å². The van der Waals surface area contributed by atoms with Crippen LogP contribution in [0.2, 0.25) is 0 Å². The molecule has 2 aliphatic rings. The SMILES string of the molecule is CC(C)Oc1ccc(/C(O)=C2/C(=O)C(=O)N(CCCN3CCOCC3)C2c2ccco2)cc1. The van der Waals surface area contributed by atoms with E-state index in [4.69, 9.17) is 13.9 Å². The van der Waals surface area contributed by atoms with Crippen LogP contribution in [0.25, 0.3) is 5.76 Å². The molecule has 0 radical (unpaired) electrons. The first-order valence-electron chi connectivity index (χ1n) is 11.3. The summed E-state index contributed by atoms with van der Waals surface area (Å²) < 4.78 is 16.6. The second kappa shape index (κ2) is 10.2. The molecule has 4 rings (SSSR count). The van der Waals surface area contributed by atoms with E-state index in [0.29, 0.717) is 43.3 Å². The molecule has 1 N–H and O–H groups in total. The van der Waals surface area contributed by atoms with Crippen LogP contribution >= 0.6 is 0 Å². The fraction of sp³-hybridized carbons (Fsp3) is 0.440. The van der Waals surface area contributed by atoms with Gasteiger partial charge in [0.2, 0.25) is 0 Å². The van der Waals surface area contributed by atoms with Crippen molar-refractivity contribution >= 4 is 17.4 Å². The lowest BCUT2D eigenvalue weighted by Gasteiger charge is -2.28. The number of ether oxygens (including phenoxy) is 2. The Kier molecular flexibility index (Phi) is 7.15. The highest BCUT2D eigenvalue weighted by Gasteiger charge is 2.47. The van der Waals surface area contributed by atoms with Crippen molar-refractivity contribution in [3.05, 3.63) is 59.6 Å². The van der Waals surface area contributed by atoms with Gasteiger partial charge >= 0.3 is 0 Å². The van der Waals surface area contributed by atoms with Gasteiger partial charge in [-0.25, -0.2) is 0 Å². The number of hydrogen-bond donors (Lipinski definition) is 1. The standard InChI is InChI=1S/C25H30N2O6/c1-17(2)33-19-8-6-18(7-9-19)23(28)21-22(20-5-3-14-32-20)27(25(30)24(21)29)11-4-10-26-12-15-31-16-13-26/h3,5-9,14,17,22,28H,4,10-13,15-16H2,1-2H3/b23-21-. The first-order chi connectivity index (χ1) is 16.0. The second-order valence-electron chi connectivity index (χ2n) is 8.51. The number of aliphatic hydroxyl groups is 1. The summed E-state index contributed by atoms with van der Waals surface area (Å²) in [6.07, 6.45) is 2.22. The van der Waals surface area contributed by atoms with Crippen LogP contribution in [0.4, 0.5) is 0 Å². The van der Waals surface area contributed by atoms with E-state index in [1.165, 1.54) is 11.2 Å². The number of benzene rings is 1. The first kappa shape index (κ1) is 23.1. The molecule has 2 aliphatic heterocycles. The minimum Gasteiger partial charge on any atom is -0.507 e. The number of Topliss-reactive ketones (excluding diaryl/α,β-unsaturated/α-hetero) is 1. The third-order valence-corrected chi connectivity index (χ3v) is 5.83. The van der Waals surface area contributed by atoms with Gasteiger partial charge in [-0.1, -0.05) is 0 Å². The quantitative estimate of drug-likeness (QED) is 0.372. The van der Waals surface area contributed by atoms with Gasteiger partial charge in [0.1, 0.15) is 23.3 Å². The van der Waals surface area contributed by atoms with E-state index in [1.807, 2.05) is 13.8 Å². The second-order valence-corrected chi connectivity index (χ2v) is 8.51. The Labute approximate surface area is 193 Å². The number of hydrogen-bond acceptors (Lipinski definition) is 7. The highest BCUT2D eigenvalue weighted by Crippen LogP contribution is 2.39. The minimum absolute atomic E-state index is 0.0196. The Morgan fingerprint density at radius 1 is 1.12 bits per heavy atom. The van der Waals surface area contributed by atoms with E-state index < -0.39 is 17.7 Å². The Morgan fingerprint density at radius 2 is 1.85 bits per heavy atom. The lowest BCUT2D eigenvalue weighted by atomic mass is 9.99. The maximum atomic E-state index is 13.0. The van der Waals surface area contributed by atoms with Crippen LogP contribution < -0.4 is 4.74 Å². The number of morpholine rings is 1. The molecule has 0 bridgehead atoms. The van der Waals surface area contributed by atoms with E-state index in [0.717, 1.165) is 19.6 Å². The summed E-state index contributed by atoms with van der Waals surface area (Å²) in [6.45, 7) is 8.17. The van der Waals surface area contributed by atoms with Gasteiger partial charge in [0, 0.05) is 31.7 Å². The molecule has 1 unspecified atom stereocenters. The van der Waals surface area contributed by atoms with E-state index in [1.54, 1.807) is 36.4 Å². The van der Waals surface area contributed by atoms with Gasteiger partial charge in [-0.15, -0.1) is 0 Å². The Bertz CT molecular complexity index is 990. The number of likely N-dealkylation sites (tertiary alicyclic amines) is 1. The van der Waals surface area contributed by atoms with Gasteiger partial charge in [-0.3, -0.25) is 14.5 Å². The van der Waals surface area contributed by atoms with Crippen molar-refractivity contribution in [2.75, 3.05) is 39.4 Å². The Morgan fingerprint density at radius 3 is 2.48 bits per heavy atom. The zero-order chi connectivity index (χ0) is 23.4. The van der Waals surface area contributed by atoms with Crippen LogP contribution in [-0.2, 0) is 14.3 Å². The number of furan rings is 1. The molecule has 176 valence electrons. The van der Waals surface area contributed by atoms with Crippen LogP contribution in [0.5, 0.6) is 5.75 Å². The number of aliphatic hydroxyl groups excluding tert-OH is 1. The van der Waals surface area contributed by atoms with Crippen LogP contribution in [0.3, 0.4) is 0 Å². The predicted molar refractivity (Wildman–Crippen MR) is 122 cm³/mol.